The van der Waals surface area contributed by atoms with Crippen molar-refractivity contribution in [3.8, 4) is 0 Å². The van der Waals surface area contributed by atoms with Crippen LogP contribution >= 0.6 is 0 Å². The SMILES string of the molecule is Cc1ccc2c(CC(=O)O[C@@H](C)C(=O)N(C)[C@H]3CCS(=O)(=O)C3)coc2c1. The zero-order valence-electron chi connectivity index (χ0n) is 15.6. The van der Waals surface area contributed by atoms with E-state index in [0.717, 1.165) is 10.9 Å². The van der Waals surface area contributed by atoms with Gasteiger partial charge in [0, 0.05) is 24.0 Å². The summed E-state index contributed by atoms with van der Waals surface area (Å²) in [6.07, 6.45) is 0.944. The van der Waals surface area contributed by atoms with Crippen LogP contribution in [-0.4, -0.2) is 55.9 Å². The Balaban J connectivity index is 1.60. The molecule has 146 valence electrons. The highest BCUT2D eigenvalue weighted by Gasteiger charge is 2.35. The Hall–Kier alpha value is -2.35. The lowest BCUT2D eigenvalue weighted by Crippen LogP contribution is -2.44. The topological polar surface area (TPSA) is 93.9 Å². The first kappa shape index (κ1) is 19.4. The highest BCUT2D eigenvalue weighted by molar-refractivity contribution is 7.91. The van der Waals surface area contributed by atoms with Crippen LogP contribution in [0.3, 0.4) is 0 Å². The smallest absolute Gasteiger partial charge is 0.311 e. The minimum absolute atomic E-state index is 0.00476. The van der Waals surface area contributed by atoms with Gasteiger partial charge in [-0.1, -0.05) is 12.1 Å². The predicted molar refractivity (Wildman–Crippen MR) is 100 cm³/mol. The van der Waals surface area contributed by atoms with Gasteiger partial charge in [-0.05, 0) is 31.9 Å². The summed E-state index contributed by atoms with van der Waals surface area (Å²) in [7, 11) is -1.55. The standard InChI is InChI=1S/C19H23NO6S/c1-12-4-5-16-14(10-25-17(16)8-12)9-18(21)26-13(2)19(22)20(3)15-6-7-27(23,24)11-15/h4-5,8,10,13,15H,6-7,9,11H2,1-3H3/t13-,15-/m0/s1. The Morgan fingerprint density at radius 3 is 2.78 bits per heavy atom. The van der Waals surface area contributed by atoms with Gasteiger partial charge in [0.05, 0.1) is 24.2 Å². The molecule has 1 saturated heterocycles. The van der Waals surface area contributed by atoms with Crippen LogP contribution in [0.5, 0.6) is 0 Å². The van der Waals surface area contributed by atoms with Crippen LogP contribution in [0.2, 0.25) is 0 Å². The van der Waals surface area contributed by atoms with Crippen molar-refractivity contribution < 1.29 is 27.2 Å². The first-order valence-electron chi connectivity index (χ1n) is 8.79. The number of sulfone groups is 1. The number of rotatable bonds is 5. The maximum atomic E-state index is 12.5. The summed E-state index contributed by atoms with van der Waals surface area (Å²) >= 11 is 0. The number of amides is 1. The monoisotopic (exact) mass is 393 g/mol. The van der Waals surface area contributed by atoms with Crippen LogP contribution in [0.1, 0.15) is 24.5 Å². The molecule has 1 amide bonds. The second-order valence-corrected chi connectivity index (χ2v) is 9.30. The molecular formula is C19H23NO6S. The minimum atomic E-state index is -3.09. The number of hydrogen-bond acceptors (Lipinski definition) is 6. The molecule has 0 bridgehead atoms. The van der Waals surface area contributed by atoms with Crippen molar-refractivity contribution in [3.05, 3.63) is 35.6 Å². The lowest BCUT2D eigenvalue weighted by atomic mass is 10.1. The molecule has 1 aromatic carbocycles. The van der Waals surface area contributed by atoms with Gasteiger partial charge >= 0.3 is 5.97 Å². The quantitative estimate of drug-likeness (QED) is 0.720. The first-order valence-corrected chi connectivity index (χ1v) is 10.6. The molecule has 2 heterocycles. The average Bonchev–Trinajstić information content (AvgIpc) is 3.16. The van der Waals surface area contributed by atoms with E-state index < -0.39 is 27.8 Å². The number of aryl methyl sites for hydroxylation is 1. The molecule has 1 fully saturated rings. The number of likely N-dealkylation sites (N-methyl/N-ethyl adjacent to an activating group) is 1. The summed E-state index contributed by atoms with van der Waals surface area (Å²) in [6.45, 7) is 3.45. The van der Waals surface area contributed by atoms with E-state index >= 15 is 0 Å². The summed E-state index contributed by atoms with van der Waals surface area (Å²) in [5, 5.41) is 0.838. The summed E-state index contributed by atoms with van der Waals surface area (Å²) in [6, 6.07) is 5.34. The van der Waals surface area contributed by atoms with E-state index in [2.05, 4.69) is 0 Å². The molecule has 8 heteroatoms. The fraction of sp³-hybridized carbons (Fsp3) is 0.474. The summed E-state index contributed by atoms with van der Waals surface area (Å²) < 4.78 is 33.9. The second-order valence-electron chi connectivity index (χ2n) is 7.08. The largest absolute Gasteiger partial charge is 0.464 e. The molecule has 3 rings (SSSR count). The Morgan fingerprint density at radius 2 is 2.11 bits per heavy atom. The molecule has 27 heavy (non-hydrogen) atoms. The van der Waals surface area contributed by atoms with Crippen molar-refractivity contribution in [3.63, 3.8) is 0 Å². The second kappa shape index (κ2) is 7.34. The number of hydrogen-bond donors (Lipinski definition) is 0. The van der Waals surface area contributed by atoms with Gasteiger partial charge < -0.3 is 14.1 Å². The van der Waals surface area contributed by atoms with Gasteiger partial charge in [0.15, 0.2) is 15.9 Å². The van der Waals surface area contributed by atoms with E-state index in [9.17, 15) is 18.0 Å². The molecule has 0 unspecified atom stereocenters. The number of esters is 1. The summed E-state index contributed by atoms with van der Waals surface area (Å²) in [4.78, 5) is 26.1. The Bertz CT molecular complexity index is 977. The lowest BCUT2D eigenvalue weighted by molar-refractivity contribution is -0.158. The molecule has 7 nitrogen and oxygen atoms in total. The zero-order valence-corrected chi connectivity index (χ0v) is 16.4. The number of carbonyl (C=O) groups excluding carboxylic acids is 2. The maximum absolute atomic E-state index is 12.5. The normalized spacial score (nSPS) is 19.7. The van der Waals surface area contributed by atoms with Crippen molar-refractivity contribution in [2.75, 3.05) is 18.6 Å². The first-order chi connectivity index (χ1) is 12.7. The number of benzene rings is 1. The van der Waals surface area contributed by atoms with E-state index in [0.29, 0.717) is 17.6 Å². The van der Waals surface area contributed by atoms with Gasteiger partial charge in [-0.2, -0.15) is 0 Å². The van der Waals surface area contributed by atoms with Crippen LogP contribution < -0.4 is 0 Å². The fourth-order valence-corrected chi connectivity index (χ4v) is 5.09. The Kier molecular flexibility index (Phi) is 5.28. The highest BCUT2D eigenvalue weighted by atomic mass is 32.2. The van der Waals surface area contributed by atoms with Gasteiger partial charge in [-0.3, -0.25) is 9.59 Å². The van der Waals surface area contributed by atoms with Crippen molar-refractivity contribution in [2.24, 2.45) is 0 Å². The van der Waals surface area contributed by atoms with Crippen LogP contribution in [0, 0.1) is 6.92 Å². The Morgan fingerprint density at radius 1 is 1.37 bits per heavy atom. The van der Waals surface area contributed by atoms with Crippen LogP contribution in [-0.2, 0) is 30.6 Å². The third-order valence-corrected chi connectivity index (χ3v) is 6.66. The van der Waals surface area contributed by atoms with Crippen molar-refractivity contribution in [1.82, 2.24) is 4.90 Å². The zero-order chi connectivity index (χ0) is 19.8. The summed E-state index contributed by atoms with van der Waals surface area (Å²) in [5.41, 5.74) is 2.45. The molecule has 1 aliphatic rings. The van der Waals surface area contributed by atoms with E-state index in [4.69, 9.17) is 9.15 Å². The van der Waals surface area contributed by atoms with E-state index in [1.165, 1.54) is 18.1 Å². The van der Waals surface area contributed by atoms with E-state index in [1.807, 2.05) is 25.1 Å². The third-order valence-electron chi connectivity index (χ3n) is 4.91. The van der Waals surface area contributed by atoms with Gasteiger partial charge in [0.2, 0.25) is 0 Å². The molecule has 0 saturated carbocycles. The van der Waals surface area contributed by atoms with Crippen LogP contribution in [0.25, 0.3) is 11.0 Å². The molecule has 1 aliphatic heterocycles. The number of nitrogens with zero attached hydrogens (tertiary/aromatic N) is 1. The number of fused-ring (bicyclic) bond motifs is 1. The highest BCUT2D eigenvalue weighted by Crippen LogP contribution is 2.23. The molecular weight excluding hydrogens is 370 g/mol. The van der Waals surface area contributed by atoms with E-state index in [1.54, 1.807) is 7.05 Å². The lowest BCUT2D eigenvalue weighted by Gasteiger charge is -2.26. The molecule has 1 aromatic heterocycles. The third kappa shape index (κ3) is 4.32. The molecule has 0 spiro atoms. The van der Waals surface area contributed by atoms with Crippen LogP contribution in [0.15, 0.2) is 28.9 Å². The van der Waals surface area contributed by atoms with Gasteiger partial charge in [-0.25, -0.2) is 8.42 Å². The van der Waals surface area contributed by atoms with Gasteiger partial charge in [0.1, 0.15) is 5.58 Å². The molecule has 0 radical (unpaired) electrons. The van der Waals surface area contributed by atoms with Gasteiger partial charge in [0.25, 0.3) is 5.91 Å². The Labute approximate surface area is 158 Å². The predicted octanol–water partition coefficient (Wildman–Crippen LogP) is 1.86. The number of ether oxygens (including phenoxy) is 1. The maximum Gasteiger partial charge on any atom is 0.311 e. The van der Waals surface area contributed by atoms with Crippen LogP contribution in [0.4, 0.5) is 0 Å². The number of carbonyl (C=O) groups is 2. The summed E-state index contributed by atoms with van der Waals surface area (Å²) in [5.74, 6) is -0.906. The molecule has 2 atom stereocenters. The minimum Gasteiger partial charge on any atom is -0.464 e. The molecule has 2 aromatic rings. The number of furan rings is 1. The average molecular weight is 393 g/mol. The van der Waals surface area contributed by atoms with E-state index in [-0.39, 0.29) is 24.0 Å². The van der Waals surface area contributed by atoms with Crippen molar-refractivity contribution in [2.45, 2.75) is 38.8 Å². The molecule has 0 aliphatic carbocycles. The van der Waals surface area contributed by atoms with Gasteiger partial charge in [-0.15, -0.1) is 0 Å². The van der Waals surface area contributed by atoms with Crippen molar-refractivity contribution >= 4 is 32.7 Å². The fourth-order valence-electron chi connectivity index (χ4n) is 3.32. The molecule has 0 N–H and O–H groups in total. The van der Waals surface area contributed by atoms with Crippen molar-refractivity contribution in [1.29, 1.82) is 0 Å².